The molecule has 2 aliphatic carbocycles. The summed E-state index contributed by atoms with van der Waals surface area (Å²) in [5.74, 6) is -2.33. The van der Waals surface area contributed by atoms with Gasteiger partial charge in [0.1, 0.15) is 22.2 Å². The van der Waals surface area contributed by atoms with Gasteiger partial charge in [-0.2, -0.15) is 0 Å². The Morgan fingerprint density at radius 3 is 2.18 bits per heavy atom. The molecule has 2 spiro atoms. The van der Waals surface area contributed by atoms with Gasteiger partial charge in [-0.15, -0.1) is 0 Å². The Bertz CT molecular complexity index is 2070. The predicted octanol–water partition coefficient (Wildman–Crippen LogP) is 8.42. The molecule has 2 saturated carbocycles. The largest absolute Gasteiger partial charge is 0.393 e. The van der Waals surface area contributed by atoms with E-state index in [9.17, 15) is 10.2 Å². The summed E-state index contributed by atoms with van der Waals surface area (Å²) in [4.78, 5) is 37.9. The SMILES string of the molecule is CC1(C)CCC2(CC1)N([C@H](c1ccccc1)[C@@H](O)c1ccccc1)[C@@H](C(=O)NC1CCC(O)CC1)[C@H](c1cccc(Cl)c1F)[C@]21C(=O)Nc2nc(Cl)ccc21. The minimum absolute atomic E-state index is 0.103. The van der Waals surface area contributed by atoms with Crippen LogP contribution in [0.15, 0.2) is 91.0 Å². The molecule has 1 saturated heterocycles. The summed E-state index contributed by atoms with van der Waals surface area (Å²) in [5.41, 5.74) is -0.792. The summed E-state index contributed by atoms with van der Waals surface area (Å²) in [7, 11) is 0. The number of benzene rings is 3. The Balaban J connectivity index is 1.47. The van der Waals surface area contributed by atoms with Crippen LogP contribution < -0.4 is 10.6 Å². The second kappa shape index (κ2) is 14.6. The quantitative estimate of drug-likeness (QED) is 0.140. The van der Waals surface area contributed by atoms with Crippen molar-refractivity contribution in [2.24, 2.45) is 5.41 Å². The van der Waals surface area contributed by atoms with Crippen LogP contribution in [0.2, 0.25) is 10.2 Å². The number of hydrogen-bond acceptors (Lipinski definition) is 6. The topological polar surface area (TPSA) is 115 Å². The maximum Gasteiger partial charge on any atom is 0.238 e. The lowest BCUT2D eigenvalue weighted by molar-refractivity contribution is -0.137. The molecule has 0 unspecified atom stereocenters. The number of aliphatic hydroxyl groups is 2. The molecule has 4 aliphatic rings. The van der Waals surface area contributed by atoms with Gasteiger partial charge >= 0.3 is 0 Å². The molecule has 5 atom stereocenters. The van der Waals surface area contributed by atoms with E-state index in [0.29, 0.717) is 62.5 Å². The van der Waals surface area contributed by atoms with Gasteiger partial charge in [-0.3, -0.25) is 14.5 Å². The first-order valence-electron chi connectivity index (χ1n) is 19.4. The van der Waals surface area contributed by atoms with Gasteiger partial charge in [-0.1, -0.05) is 116 Å². The van der Waals surface area contributed by atoms with E-state index < -0.39 is 52.9 Å². The van der Waals surface area contributed by atoms with Gasteiger partial charge in [-0.25, -0.2) is 9.37 Å². The zero-order chi connectivity index (χ0) is 38.7. The Morgan fingerprint density at radius 1 is 0.891 bits per heavy atom. The van der Waals surface area contributed by atoms with Gasteiger partial charge in [0.15, 0.2) is 0 Å². The highest BCUT2D eigenvalue weighted by Gasteiger charge is 2.77. The minimum Gasteiger partial charge on any atom is -0.393 e. The van der Waals surface area contributed by atoms with E-state index in [2.05, 4.69) is 34.4 Å². The van der Waals surface area contributed by atoms with Crippen LogP contribution in [0.3, 0.4) is 0 Å². The smallest absolute Gasteiger partial charge is 0.238 e. The summed E-state index contributed by atoms with van der Waals surface area (Å²) in [6.45, 7) is 4.41. The highest BCUT2D eigenvalue weighted by atomic mass is 35.5. The van der Waals surface area contributed by atoms with Crippen LogP contribution in [0.25, 0.3) is 0 Å². The van der Waals surface area contributed by atoms with Crippen LogP contribution in [0.4, 0.5) is 10.2 Å². The summed E-state index contributed by atoms with van der Waals surface area (Å²) >= 11 is 13.1. The number of halogens is 3. The van der Waals surface area contributed by atoms with Crippen molar-refractivity contribution in [1.82, 2.24) is 15.2 Å². The molecule has 11 heteroatoms. The molecular formula is C44H47Cl2FN4O4. The molecule has 3 aromatic carbocycles. The molecule has 8 rings (SSSR count). The Hall–Kier alpha value is -3.86. The maximum atomic E-state index is 17.0. The van der Waals surface area contributed by atoms with Crippen LogP contribution in [0.1, 0.15) is 106 Å². The second-order valence-corrected chi connectivity index (χ2v) is 17.5. The third-order valence-electron chi connectivity index (χ3n) is 13.1. The van der Waals surface area contributed by atoms with E-state index in [0.717, 1.165) is 5.56 Å². The molecule has 55 heavy (non-hydrogen) atoms. The van der Waals surface area contributed by atoms with E-state index in [1.807, 2.05) is 60.7 Å². The van der Waals surface area contributed by atoms with E-state index in [4.69, 9.17) is 23.2 Å². The molecule has 4 aromatic rings. The van der Waals surface area contributed by atoms with E-state index in [1.165, 1.54) is 6.07 Å². The molecule has 8 nitrogen and oxygen atoms in total. The lowest BCUT2D eigenvalue weighted by atomic mass is 9.53. The average Bonchev–Trinajstić information content (AvgIpc) is 3.60. The third kappa shape index (κ3) is 6.27. The van der Waals surface area contributed by atoms with Gasteiger partial charge in [0.2, 0.25) is 11.8 Å². The standard InChI is InChI=1S/C44H47Cl2FN4O4/c1-42(2)22-24-43(25-23-42)44(31-20-21-33(46)49-39(31)50-41(44)55)34(30-14-9-15-32(45)35(30)47)37(40(54)48-28-16-18-29(52)19-17-28)51(43)36(26-10-5-3-6-11-26)38(53)27-12-7-4-8-13-27/h3-15,20-21,28-29,34,36-38,52-53H,16-19,22-25H2,1-2H3,(H,48,54)(H,49,50,55)/t28?,29?,34-,36+,37+,38-,44+/m0/s1. The Labute approximate surface area is 331 Å². The number of nitrogens with one attached hydrogen (secondary N) is 2. The number of carbonyl (C=O) groups is 2. The number of pyridine rings is 1. The molecule has 4 N–H and O–H groups in total. The van der Waals surface area contributed by atoms with Crippen molar-refractivity contribution in [3.8, 4) is 0 Å². The van der Waals surface area contributed by atoms with Gasteiger partial charge < -0.3 is 20.8 Å². The van der Waals surface area contributed by atoms with Crippen molar-refractivity contribution in [3.05, 3.63) is 129 Å². The van der Waals surface area contributed by atoms with Crippen molar-refractivity contribution in [3.63, 3.8) is 0 Å². The fourth-order valence-electron chi connectivity index (χ4n) is 10.5. The number of fused-ring (bicyclic) bond motifs is 3. The number of aromatic nitrogens is 1. The van der Waals surface area contributed by atoms with Crippen LogP contribution in [0.5, 0.6) is 0 Å². The molecule has 2 aliphatic heterocycles. The maximum absolute atomic E-state index is 17.0. The van der Waals surface area contributed by atoms with Gasteiger partial charge in [0.25, 0.3) is 0 Å². The first-order valence-corrected chi connectivity index (χ1v) is 20.1. The molecule has 288 valence electrons. The fourth-order valence-corrected chi connectivity index (χ4v) is 10.8. The molecular weight excluding hydrogens is 738 g/mol. The molecule has 0 radical (unpaired) electrons. The zero-order valence-corrected chi connectivity index (χ0v) is 32.5. The van der Waals surface area contributed by atoms with Crippen molar-refractivity contribution in [1.29, 1.82) is 0 Å². The molecule has 3 heterocycles. The number of nitrogens with zero attached hydrogens (tertiary/aromatic N) is 2. The minimum atomic E-state index is -1.59. The number of hydrogen-bond donors (Lipinski definition) is 4. The molecule has 2 amide bonds. The molecule has 1 aromatic heterocycles. The number of likely N-dealkylation sites (tertiary alicyclic amines) is 1. The van der Waals surface area contributed by atoms with E-state index >= 15 is 14.0 Å². The van der Waals surface area contributed by atoms with Gasteiger partial charge in [0, 0.05) is 23.1 Å². The van der Waals surface area contributed by atoms with E-state index in [-0.39, 0.29) is 38.9 Å². The van der Waals surface area contributed by atoms with E-state index in [1.54, 1.807) is 24.3 Å². The molecule has 0 bridgehead atoms. The highest BCUT2D eigenvalue weighted by Crippen LogP contribution is 2.69. The normalized spacial score (nSPS) is 28.1. The zero-order valence-electron chi connectivity index (χ0n) is 31.0. The summed E-state index contributed by atoms with van der Waals surface area (Å²) < 4.78 is 17.0. The number of rotatable bonds is 7. The van der Waals surface area contributed by atoms with Crippen LogP contribution in [-0.2, 0) is 15.0 Å². The third-order valence-corrected chi connectivity index (χ3v) is 13.6. The van der Waals surface area contributed by atoms with Crippen LogP contribution >= 0.6 is 23.2 Å². The monoisotopic (exact) mass is 784 g/mol. The van der Waals surface area contributed by atoms with Crippen molar-refractivity contribution in [2.45, 2.75) is 112 Å². The first-order chi connectivity index (χ1) is 26.4. The Kier molecular flexibility index (Phi) is 10.1. The fraction of sp³-hybridized carbons (Fsp3) is 0.432. The summed E-state index contributed by atoms with van der Waals surface area (Å²) in [5, 5.41) is 29.6. The van der Waals surface area contributed by atoms with Crippen molar-refractivity contribution < 1.29 is 24.2 Å². The number of anilines is 1. The number of carbonyl (C=O) groups excluding carboxylic acids is 2. The van der Waals surface area contributed by atoms with Crippen molar-refractivity contribution in [2.75, 3.05) is 5.32 Å². The van der Waals surface area contributed by atoms with Gasteiger partial charge in [0.05, 0.1) is 29.3 Å². The Morgan fingerprint density at radius 2 is 1.53 bits per heavy atom. The lowest BCUT2D eigenvalue weighted by Crippen LogP contribution is -2.64. The van der Waals surface area contributed by atoms with Crippen LogP contribution in [-0.4, -0.2) is 55.6 Å². The number of aliphatic hydroxyl groups excluding tert-OH is 2. The van der Waals surface area contributed by atoms with Crippen molar-refractivity contribution >= 4 is 40.8 Å². The summed E-state index contributed by atoms with van der Waals surface area (Å²) in [6.07, 6.45) is 2.91. The predicted molar refractivity (Wildman–Crippen MR) is 211 cm³/mol. The molecule has 3 fully saturated rings. The second-order valence-electron chi connectivity index (χ2n) is 16.7. The summed E-state index contributed by atoms with van der Waals surface area (Å²) in [6, 6.07) is 24.9. The first kappa shape index (κ1) is 38.0. The number of amides is 2. The lowest BCUT2D eigenvalue weighted by Gasteiger charge is -2.56. The van der Waals surface area contributed by atoms with Gasteiger partial charge in [-0.05, 0) is 85.6 Å². The average molecular weight is 786 g/mol. The highest BCUT2D eigenvalue weighted by molar-refractivity contribution is 6.31. The van der Waals surface area contributed by atoms with Crippen LogP contribution in [0, 0.1) is 11.2 Å².